The van der Waals surface area contributed by atoms with Crippen LogP contribution in [0.15, 0.2) is 85.2 Å². The minimum absolute atomic E-state index is 0. The van der Waals surface area contributed by atoms with E-state index >= 15 is 0 Å². The van der Waals surface area contributed by atoms with Gasteiger partial charge in [-0.1, -0.05) is 51.4 Å². The molecule has 4 aromatic rings. The van der Waals surface area contributed by atoms with Crippen LogP contribution in [0.4, 0.5) is 0 Å². The van der Waals surface area contributed by atoms with Gasteiger partial charge < -0.3 is 0 Å². The van der Waals surface area contributed by atoms with Gasteiger partial charge in [0.15, 0.2) is 0 Å². The van der Waals surface area contributed by atoms with Crippen molar-refractivity contribution in [3.63, 3.8) is 0 Å². The molecule has 0 radical (unpaired) electrons. The second kappa shape index (κ2) is 13.4. The van der Waals surface area contributed by atoms with E-state index in [9.17, 15) is 0 Å². The van der Waals surface area contributed by atoms with Crippen LogP contribution in [-0.4, -0.2) is 32.3 Å². The SMILES string of the molecule is C[Si](C)(C)c1cc(C(P)(c2ccccn2)c2ccccn2)c(C23CC4CC(CC(C4)C2CP)C3)[c-]1[Si](C)(C)C.[Fe+2].c1cc[cH-]c1. The maximum Gasteiger partial charge on any atom is 2.00 e. The Morgan fingerprint density at radius 2 is 1.42 bits per heavy atom. The third-order valence-electron chi connectivity index (χ3n) is 11.0. The van der Waals surface area contributed by atoms with Gasteiger partial charge in [-0.15, -0.1) is 18.5 Å². The van der Waals surface area contributed by atoms with Crippen LogP contribution in [0.3, 0.4) is 0 Å². The first-order valence-corrected chi connectivity index (χ1v) is 25.1. The zero-order valence-corrected chi connectivity index (χ0v) is 33.5. The molecule has 2 aromatic carbocycles. The van der Waals surface area contributed by atoms with E-state index in [-0.39, 0.29) is 22.5 Å². The van der Waals surface area contributed by atoms with Gasteiger partial charge in [0.2, 0.25) is 0 Å². The first-order valence-electron chi connectivity index (χ1n) is 16.7. The van der Waals surface area contributed by atoms with Crippen LogP contribution >= 0.6 is 18.5 Å². The molecule has 45 heavy (non-hydrogen) atoms. The molecule has 0 amide bonds. The molecule has 4 saturated carbocycles. The Hall–Kier alpha value is -1.19. The molecule has 0 spiro atoms. The first kappa shape index (κ1) is 35.1. The van der Waals surface area contributed by atoms with Crippen molar-refractivity contribution < 1.29 is 17.1 Å². The molecule has 4 fully saturated rings. The summed E-state index contributed by atoms with van der Waals surface area (Å²) in [6, 6.07) is 25.6. The molecular formula is C38H52FeN2P2Si2. The minimum atomic E-state index is -1.71. The molecule has 0 saturated heterocycles. The normalized spacial score (nSPS) is 25.8. The topological polar surface area (TPSA) is 25.8 Å². The summed E-state index contributed by atoms with van der Waals surface area (Å²) in [6.45, 7) is 15.5. The van der Waals surface area contributed by atoms with Crippen LogP contribution < -0.4 is 10.4 Å². The first-order chi connectivity index (χ1) is 20.9. The maximum absolute atomic E-state index is 5.05. The van der Waals surface area contributed by atoms with Gasteiger partial charge in [0.1, 0.15) is 0 Å². The second-order valence-electron chi connectivity index (χ2n) is 16.0. The fraction of sp³-hybridized carbons (Fsp3) is 0.474. The third kappa shape index (κ3) is 6.37. The number of aromatic nitrogens is 2. The van der Waals surface area contributed by atoms with Crippen LogP contribution in [0.25, 0.3) is 0 Å². The number of pyridine rings is 2. The number of hydrogen-bond acceptors (Lipinski definition) is 2. The summed E-state index contributed by atoms with van der Waals surface area (Å²) in [6.07, 6.45) is 12.3. The average Bonchev–Trinajstić information content (AvgIpc) is 3.70. The summed E-state index contributed by atoms with van der Waals surface area (Å²) < 4.78 is 0. The van der Waals surface area contributed by atoms with Gasteiger partial charge in [0.05, 0.1) is 8.07 Å². The molecule has 0 aliphatic heterocycles. The maximum atomic E-state index is 5.05. The van der Waals surface area contributed by atoms with Crippen LogP contribution in [0.5, 0.6) is 0 Å². The Morgan fingerprint density at radius 1 is 0.867 bits per heavy atom. The van der Waals surface area contributed by atoms with Gasteiger partial charge in [0.25, 0.3) is 0 Å². The van der Waals surface area contributed by atoms with E-state index < -0.39 is 21.3 Å². The summed E-state index contributed by atoms with van der Waals surface area (Å²) in [5.41, 5.74) is 5.72. The van der Waals surface area contributed by atoms with Crippen LogP contribution in [0, 0.1) is 23.7 Å². The van der Waals surface area contributed by atoms with Gasteiger partial charge in [-0.25, -0.2) is 18.2 Å². The van der Waals surface area contributed by atoms with Crippen LogP contribution in [0.2, 0.25) is 39.3 Å². The average molecular weight is 711 g/mol. The minimum Gasteiger partial charge on any atom is -0.261 e. The largest absolute Gasteiger partial charge is 2.00 e. The van der Waals surface area contributed by atoms with Gasteiger partial charge in [-0.2, -0.15) is 39.7 Å². The molecule has 2 aromatic heterocycles. The van der Waals surface area contributed by atoms with E-state index in [0.29, 0.717) is 0 Å². The summed E-state index contributed by atoms with van der Waals surface area (Å²) >= 11 is 0. The Balaban J connectivity index is 0.000000609. The molecule has 5 atom stereocenters. The molecule has 7 heteroatoms. The number of hydrogen-bond donors (Lipinski definition) is 0. The third-order valence-corrected chi connectivity index (χ3v) is 16.7. The zero-order chi connectivity index (χ0) is 31.3. The number of rotatable bonds is 7. The molecule has 2 nitrogen and oxygen atoms in total. The molecule has 240 valence electrons. The second-order valence-corrected chi connectivity index (χ2v) is 27.4. The molecule has 4 aliphatic carbocycles. The van der Waals surface area contributed by atoms with Crippen molar-refractivity contribution in [1.29, 1.82) is 0 Å². The quantitative estimate of drug-likeness (QED) is 0.109. The van der Waals surface area contributed by atoms with Crippen molar-refractivity contribution in [1.82, 2.24) is 9.97 Å². The molecule has 2 heterocycles. The molecular weight excluding hydrogens is 658 g/mol. The van der Waals surface area contributed by atoms with Crippen molar-refractivity contribution in [3.8, 4) is 0 Å². The van der Waals surface area contributed by atoms with E-state index in [1.807, 2.05) is 54.9 Å². The Kier molecular flexibility index (Phi) is 10.4. The molecule has 0 N–H and O–H groups in total. The van der Waals surface area contributed by atoms with Gasteiger partial charge >= 0.3 is 17.1 Å². The fourth-order valence-electron chi connectivity index (χ4n) is 9.63. The molecule has 4 aliphatic rings. The van der Waals surface area contributed by atoms with Gasteiger partial charge in [-0.05, 0) is 91.6 Å². The predicted octanol–water partition coefficient (Wildman–Crippen LogP) is 8.42. The Morgan fingerprint density at radius 3 is 1.82 bits per heavy atom. The van der Waals surface area contributed by atoms with Crippen molar-refractivity contribution in [2.24, 2.45) is 23.7 Å². The van der Waals surface area contributed by atoms with E-state index in [4.69, 9.17) is 9.97 Å². The van der Waals surface area contributed by atoms with Crippen molar-refractivity contribution in [2.75, 3.05) is 6.16 Å². The summed E-state index contributed by atoms with van der Waals surface area (Å²) in [5, 5.41) is 3.04. The summed E-state index contributed by atoms with van der Waals surface area (Å²) in [7, 11) is 3.20. The van der Waals surface area contributed by atoms with E-state index in [1.54, 1.807) is 15.9 Å². The van der Waals surface area contributed by atoms with E-state index in [0.717, 1.165) is 35.1 Å². The zero-order valence-electron chi connectivity index (χ0n) is 28.0. The summed E-state index contributed by atoms with van der Waals surface area (Å²) in [5.74, 6) is 3.42. The predicted molar refractivity (Wildman–Crippen MR) is 201 cm³/mol. The van der Waals surface area contributed by atoms with Crippen LogP contribution in [0.1, 0.15) is 54.6 Å². The standard InChI is InChI=1S/C33H47N2P2Si2.C5H5.Fe/c1-38(2,3)27-18-25(33(37,28-11-7-9-13-34-28)29-12-8-10-14-35-29)30(31(27)39(4,5)6)32-19-22-15-23(20-32)17-24(16-22)26(32)21-36;1-2-4-5-3-1;/h7-14,18,22-24,26H,15-17,19-21,36-37H2,1-6H3;1-5H;/q2*-1;+2. The monoisotopic (exact) mass is 710 g/mol. The Labute approximate surface area is 290 Å². The van der Waals surface area contributed by atoms with E-state index in [1.165, 1.54) is 43.8 Å². The van der Waals surface area contributed by atoms with Gasteiger partial charge in [-0.3, -0.25) is 9.97 Å². The van der Waals surface area contributed by atoms with Crippen molar-refractivity contribution >= 4 is 45.0 Å². The van der Waals surface area contributed by atoms with Crippen LogP contribution in [-0.2, 0) is 27.6 Å². The molecule has 5 unspecified atom stereocenters. The summed E-state index contributed by atoms with van der Waals surface area (Å²) in [4.78, 5) is 10.1. The van der Waals surface area contributed by atoms with Gasteiger partial charge in [0, 0.05) is 37.0 Å². The fourth-order valence-corrected chi connectivity index (χ4v) is 16.8. The molecule has 8 rings (SSSR count). The van der Waals surface area contributed by atoms with E-state index in [2.05, 4.69) is 88.1 Å². The van der Waals surface area contributed by atoms with Crippen molar-refractivity contribution in [2.45, 2.75) is 82.0 Å². The smallest absolute Gasteiger partial charge is 0.261 e. The number of nitrogens with zero attached hydrogens (tertiary/aromatic N) is 2. The molecule has 4 bridgehead atoms. The van der Waals surface area contributed by atoms with Crippen molar-refractivity contribution in [3.05, 3.63) is 108 Å². The Bertz CT molecular complexity index is 1470.